The van der Waals surface area contributed by atoms with Crippen LogP contribution in [0.3, 0.4) is 0 Å². The fraction of sp³-hybridized carbons (Fsp3) is 0.333. The summed E-state index contributed by atoms with van der Waals surface area (Å²) in [5.41, 5.74) is 5.42. The molecule has 0 radical (unpaired) electrons. The molecule has 1 heteroatoms. The van der Waals surface area contributed by atoms with Gasteiger partial charge in [0.05, 0.1) is 12.5 Å². The van der Waals surface area contributed by atoms with Crippen LogP contribution in [0.5, 0.6) is 0 Å². The Bertz CT molecular complexity index is 452. The van der Waals surface area contributed by atoms with Crippen LogP contribution in [-0.2, 0) is 6.42 Å². The van der Waals surface area contributed by atoms with Gasteiger partial charge in [0.15, 0.2) is 0 Å². The maximum absolute atomic E-state index is 5.12. The Morgan fingerprint density at radius 2 is 2.00 bits per heavy atom. The Kier molecular flexibility index (Phi) is 3.14. The second-order valence-corrected chi connectivity index (χ2v) is 4.67. The highest BCUT2D eigenvalue weighted by Gasteiger charge is 2.07. The number of rotatable bonds is 3. The second-order valence-electron chi connectivity index (χ2n) is 4.67. The van der Waals surface area contributed by atoms with E-state index in [0.717, 1.165) is 6.42 Å². The number of hydrogen-bond donors (Lipinski definition) is 0. The highest BCUT2D eigenvalue weighted by molar-refractivity contribution is 5.36. The molecule has 0 aliphatic carbocycles. The van der Waals surface area contributed by atoms with Gasteiger partial charge in [-0.1, -0.05) is 37.6 Å². The third-order valence-electron chi connectivity index (χ3n) is 2.90. The van der Waals surface area contributed by atoms with Crippen molar-refractivity contribution < 1.29 is 4.42 Å². The standard InChI is InChI=1S/C15H18O/c1-11(2)15-5-4-12(3)8-14(15)9-13-6-7-16-10-13/h4-8,10-11H,9H2,1-3H3. The minimum atomic E-state index is 0.572. The zero-order valence-electron chi connectivity index (χ0n) is 10.2. The van der Waals surface area contributed by atoms with Gasteiger partial charge in [0, 0.05) is 6.42 Å². The molecule has 1 aromatic heterocycles. The highest BCUT2D eigenvalue weighted by atomic mass is 16.3. The van der Waals surface area contributed by atoms with E-state index in [1.165, 1.54) is 22.3 Å². The molecule has 0 N–H and O–H groups in total. The van der Waals surface area contributed by atoms with Crippen LogP contribution in [0.15, 0.2) is 41.2 Å². The van der Waals surface area contributed by atoms with Crippen molar-refractivity contribution in [1.82, 2.24) is 0 Å². The molecular formula is C15H18O. The van der Waals surface area contributed by atoms with Crippen LogP contribution in [0.4, 0.5) is 0 Å². The van der Waals surface area contributed by atoms with Crippen molar-refractivity contribution in [3.05, 3.63) is 59.0 Å². The first-order valence-corrected chi connectivity index (χ1v) is 5.77. The van der Waals surface area contributed by atoms with Crippen LogP contribution in [-0.4, -0.2) is 0 Å². The SMILES string of the molecule is Cc1ccc(C(C)C)c(Cc2ccoc2)c1. The first-order chi connectivity index (χ1) is 7.66. The molecule has 0 spiro atoms. The minimum Gasteiger partial charge on any atom is -0.472 e. The second kappa shape index (κ2) is 4.56. The molecule has 16 heavy (non-hydrogen) atoms. The lowest BCUT2D eigenvalue weighted by molar-refractivity contribution is 0.564. The summed E-state index contributed by atoms with van der Waals surface area (Å²) in [5, 5.41) is 0. The van der Waals surface area contributed by atoms with E-state index in [0.29, 0.717) is 5.92 Å². The van der Waals surface area contributed by atoms with E-state index in [1.807, 2.05) is 12.3 Å². The zero-order chi connectivity index (χ0) is 11.5. The summed E-state index contributed by atoms with van der Waals surface area (Å²) >= 11 is 0. The van der Waals surface area contributed by atoms with Crippen molar-refractivity contribution in [2.75, 3.05) is 0 Å². The van der Waals surface area contributed by atoms with E-state index in [2.05, 4.69) is 39.0 Å². The molecule has 0 saturated carbocycles. The van der Waals surface area contributed by atoms with Crippen molar-refractivity contribution in [3.8, 4) is 0 Å². The Labute approximate surface area is 97.1 Å². The van der Waals surface area contributed by atoms with Gasteiger partial charge in [0.1, 0.15) is 0 Å². The lowest BCUT2D eigenvalue weighted by Crippen LogP contribution is -1.97. The zero-order valence-corrected chi connectivity index (χ0v) is 10.2. The normalized spacial score (nSPS) is 11.0. The minimum absolute atomic E-state index is 0.572. The van der Waals surface area contributed by atoms with E-state index >= 15 is 0 Å². The van der Waals surface area contributed by atoms with Crippen LogP contribution < -0.4 is 0 Å². The van der Waals surface area contributed by atoms with Gasteiger partial charge in [0.25, 0.3) is 0 Å². The molecule has 0 atom stereocenters. The van der Waals surface area contributed by atoms with Crippen LogP contribution >= 0.6 is 0 Å². The summed E-state index contributed by atoms with van der Waals surface area (Å²) in [6, 6.07) is 8.75. The molecule has 2 rings (SSSR count). The quantitative estimate of drug-likeness (QED) is 0.742. The Hall–Kier alpha value is -1.50. The molecule has 0 amide bonds. The molecule has 1 aromatic carbocycles. The summed E-state index contributed by atoms with van der Waals surface area (Å²) in [5.74, 6) is 0.572. The number of benzene rings is 1. The highest BCUT2D eigenvalue weighted by Crippen LogP contribution is 2.23. The molecule has 0 bridgehead atoms. The van der Waals surface area contributed by atoms with Gasteiger partial charge < -0.3 is 4.42 Å². The van der Waals surface area contributed by atoms with Crippen molar-refractivity contribution in [2.24, 2.45) is 0 Å². The summed E-state index contributed by atoms with van der Waals surface area (Å²) in [4.78, 5) is 0. The molecule has 1 nitrogen and oxygen atoms in total. The smallest absolute Gasteiger partial charge is 0.0937 e. The van der Waals surface area contributed by atoms with Gasteiger partial charge in [-0.05, 0) is 35.6 Å². The van der Waals surface area contributed by atoms with Crippen molar-refractivity contribution in [3.63, 3.8) is 0 Å². The predicted octanol–water partition coefficient (Wildman–Crippen LogP) is 4.30. The topological polar surface area (TPSA) is 13.1 Å². The van der Waals surface area contributed by atoms with Gasteiger partial charge in [-0.25, -0.2) is 0 Å². The fourth-order valence-corrected chi connectivity index (χ4v) is 2.06. The summed E-state index contributed by atoms with van der Waals surface area (Å²) in [7, 11) is 0. The third-order valence-corrected chi connectivity index (χ3v) is 2.90. The van der Waals surface area contributed by atoms with Crippen LogP contribution in [0.1, 0.15) is 42.0 Å². The van der Waals surface area contributed by atoms with Gasteiger partial charge >= 0.3 is 0 Å². The summed E-state index contributed by atoms with van der Waals surface area (Å²) < 4.78 is 5.12. The first kappa shape index (κ1) is 11.0. The lowest BCUT2D eigenvalue weighted by atomic mass is 9.92. The molecular weight excluding hydrogens is 196 g/mol. The Morgan fingerprint density at radius 3 is 2.62 bits per heavy atom. The van der Waals surface area contributed by atoms with Gasteiger partial charge in [-0.3, -0.25) is 0 Å². The number of hydrogen-bond acceptors (Lipinski definition) is 1. The number of aryl methyl sites for hydroxylation is 1. The van der Waals surface area contributed by atoms with E-state index in [9.17, 15) is 0 Å². The molecule has 0 saturated heterocycles. The molecule has 0 fully saturated rings. The Balaban J connectivity index is 2.34. The van der Waals surface area contributed by atoms with Crippen molar-refractivity contribution in [2.45, 2.75) is 33.1 Å². The largest absolute Gasteiger partial charge is 0.472 e. The lowest BCUT2D eigenvalue weighted by Gasteiger charge is -2.13. The molecule has 0 unspecified atom stereocenters. The summed E-state index contributed by atoms with van der Waals surface area (Å²) in [6.45, 7) is 6.62. The molecule has 2 aromatic rings. The van der Waals surface area contributed by atoms with Crippen LogP contribution in [0.2, 0.25) is 0 Å². The monoisotopic (exact) mass is 214 g/mol. The molecule has 84 valence electrons. The van der Waals surface area contributed by atoms with Crippen molar-refractivity contribution in [1.29, 1.82) is 0 Å². The van der Waals surface area contributed by atoms with Crippen LogP contribution in [0, 0.1) is 6.92 Å². The average Bonchev–Trinajstić information content (AvgIpc) is 2.70. The van der Waals surface area contributed by atoms with E-state index in [-0.39, 0.29) is 0 Å². The van der Waals surface area contributed by atoms with Crippen LogP contribution in [0.25, 0.3) is 0 Å². The predicted molar refractivity (Wildman–Crippen MR) is 66.8 cm³/mol. The molecule has 0 aliphatic heterocycles. The average molecular weight is 214 g/mol. The molecule has 0 aliphatic rings. The van der Waals surface area contributed by atoms with E-state index in [4.69, 9.17) is 4.42 Å². The number of furan rings is 1. The Morgan fingerprint density at radius 1 is 1.19 bits per heavy atom. The van der Waals surface area contributed by atoms with Crippen molar-refractivity contribution >= 4 is 0 Å². The maximum atomic E-state index is 5.12. The van der Waals surface area contributed by atoms with Gasteiger partial charge in [0.2, 0.25) is 0 Å². The van der Waals surface area contributed by atoms with E-state index < -0.39 is 0 Å². The maximum Gasteiger partial charge on any atom is 0.0937 e. The van der Waals surface area contributed by atoms with E-state index in [1.54, 1.807) is 6.26 Å². The fourth-order valence-electron chi connectivity index (χ4n) is 2.06. The first-order valence-electron chi connectivity index (χ1n) is 5.77. The van der Waals surface area contributed by atoms with Gasteiger partial charge in [-0.2, -0.15) is 0 Å². The summed E-state index contributed by atoms with van der Waals surface area (Å²) in [6.07, 6.45) is 4.53. The molecule has 1 heterocycles. The third kappa shape index (κ3) is 2.35. The van der Waals surface area contributed by atoms with Gasteiger partial charge in [-0.15, -0.1) is 0 Å².